The van der Waals surface area contributed by atoms with E-state index in [9.17, 15) is 14.7 Å². The van der Waals surface area contributed by atoms with Crippen molar-refractivity contribution >= 4 is 11.8 Å². The minimum absolute atomic E-state index is 0.0226. The molecule has 2 saturated heterocycles. The molecule has 0 spiro atoms. The molecule has 22 heavy (non-hydrogen) atoms. The average molecular weight is 306 g/mol. The number of rotatable bonds is 0. The van der Waals surface area contributed by atoms with Gasteiger partial charge in [-0.2, -0.15) is 0 Å². The summed E-state index contributed by atoms with van der Waals surface area (Å²) in [6.07, 6.45) is 3.48. The molecule has 0 bridgehead atoms. The number of aliphatic hydroxyl groups is 1. The summed E-state index contributed by atoms with van der Waals surface area (Å²) in [6.45, 7) is 7.23. The molecule has 0 amide bonds. The van der Waals surface area contributed by atoms with Crippen LogP contribution in [0.2, 0.25) is 0 Å². The van der Waals surface area contributed by atoms with Gasteiger partial charge in [0.2, 0.25) is 0 Å². The topological polar surface area (TPSA) is 72.8 Å². The smallest absolute Gasteiger partial charge is 0.318 e. The quantitative estimate of drug-likeness (QED) is 0.686. The number of fused-ring (bicyclic) bond motifs is 2. The molecule has 8 atom stereocenters. The highest BCUT2D eigenvalue weighted by molar-refractivity contribution is 5.98. The summed E-state index contributed by atoms with van der Waals surface area (Å²) in [4.78, 5) is 25.1. The van der Waals surface area contributed by atoms with Crippen molar-refractivity contribution in [2.75, 3.05) is 0 Å². The summed E-state index contributed by atoms with van der Waals surface area (Å²) in [6, 6.07) is 0. The van der Waals surface area contributed by atoms with E-state index in [1.807, 2.05) is 13.0 Å². The zero-order chi connectivity index (χ0) is 16.1. The number of carbonyl (C=O) groups excluding carboxylic acids is 2. The van der Waals surface area contributed by atoms with Gasteiger partial charge in [0, 0.05) is 5.92 Å². The maximum absolute atomic E-state index is 12.6. The SMILES string of the molecule is C[C@H]1C[C@@H]2OC(=O)[C@]3(C)[C@H]2[C@H](O[C@@]3(C)O)[C@@]2(C)C(=O)C=C[C@H]12. The van der Waals surface area contributed by atoms with E-state index in [0.29, 0.717) is 6.42 Å². The Morgan fingerprint density at radius 1 is 1.27 bits per heavy atom. The van der Waals surface area contributed by atoms with Crippen LogP contribution in [0.3, 0.4) is 0 Å². The number of carbonyl (C=O) groups is 2. The summed E-state index contributed by atoms with van der Waals surface area (Å²) in [5.41, 5.74) is -1.86. The van der Waals surface area contributed by atoms with Gasteiger partial charge in [-0.25, -0.2) is 0 Å². The fourth-order valence-corrected chi connectivity index (χ4v) is 5.33. The van der Waals surface area contributed by atoms with Gasteiger partial charge in [-0.05, 0) is 45.1 Å². The molecule has 120 valence electrons. The van der Waals surface area contributed by atoms with Crippen LogP contribution in [0, 0.1) is 28.6 Å². The first-order chi connectivity index (χ1) is 10.1. The normalized spacial score (nSPS) is 59.2. The van der Waals surface area contributed by atoms with Crippen molar-refractivity contribution in [1.29, 1.82) is 0 Å². The van der Waals surface area contributed by atoms with Crippen molar-refractivity contribution in [2.24, 2.45) is 28.6 Å². The van der Waals surface area contributed by atoms with Gasteiger partial charge < -0.3 is 14.6 Å². The first-order valence-electron chi connectivity index (χ1n) is 7.98. The predicted molar refractivity (Wildman–Crippen MR) is 76.5 cm³/mol. The molecule has 2 aliphatic carbocycles. The van der Waals surface area contributed by atoms with E-state index >= 15 is 0 Å². The fraction of sp³-hybridized carbons (Fsp3) is 0.765. The molecule has 0 aromatic carbocycles. The first kappa shape index (κ1) is 14.4. The van der Waals surface area contributed by atoms with Gasteiger partial charge in [0.05, 0.1) is 11.5 Å². The molecule has 2 aliphatic heterocycles. The van der Waals surface area contributed by atoms with Crippen LogP contribution in [0.15, 0.2) is 12.2 Å². The number of allylic oxidation sites excluding steroid dienone is 2. The Morgan fingerprint density at radius 3 is 2.64 bits per heavy atom. The molecule has 5 heteroatoms. The molecule has 0 radical (unpaired) electrons. The number of ketones is 1. The number of ether oxygens (including phenoxy) is 2. The van der Waals surface area contributed by atoms with Crippen LogP contribution in [0.4, 0.5) is 0 Å². The molecule has 4 aliphatic rings. The molecule has 1 saturated carbocycles. The van der Waals surface area contributed by atoms with E-state index in [1.54, 1.807) is 13.0 Å². The summed E-state index contributed by atoms with van der Waals surface area (Å²) in [5, 5.41) is 10.8. The molecular formula is C17H22O5. The third-order valence-electron chi connectivity index (χ3n) is 6.88. The van der Waals surface area contributed by atoms with Gasteiger partial charge in [-0.3, -0.25) is 9.59 Å². The Kier molecular flexibility index (Phi) is 2.50. The molecule has 0 unspecified atom stereocenters. The first-order valence-corrected chi connectivity index (χ1v) is 7.98. The average Bonchev–Trinajstić information content (AvgIpc) is 2.91. The molecule has 2 heterocycles. The lowest BCUT2D eigenvalue weighted by Crippen LogP contribution is -2.47. The van der Waals surface area contributed by atoms with Crippen LogP contribution >= 0.6 is 0 Å². The standard InChI is InChI=1S/C17H22O5/c1-8-7-10-12-13(15(2)9(8)5-6-11(15)18)22-17(4,20)16(12,3)14(19)21-10/h5-6,8-10,12-13,20H,7H2,1-4H3/t8-,9+,10-,12+,13-,15+,16-,17+/m0/s1. The highest BCUT2D eigenvalue weighted by atomic mass is 16.7. The van der Waals surface area contributed by atoms with Gasteiger partial charge in [0.15, 0.2) is 11.6 Å². The highest BCUT2D eigenvalue weighted by Crippen LogP contribution is 2.64. The highest BCUT2D eigenvalue weighted by Gasteiger charge is 2.76. The van der Waals surface area contributed by atoms with Gasteiger partial charge in [0.1, 0.15) is 11.5 Å². The van der Waals surface area contributed by atoms with Gasteiger partial charge in [-0.1, -0.05) is 13.0 Å². The van der Waals surface area contributed by atoms with E-state index in [4.69, 9.17) is 9.47 Å². The van der Waals surface area contributed by atoms with Gasteiger partial charge in [-0.15, -0.1) is 0 Å². The van der Waals surface area contributed by atoms with Gasteiger partial charge in [0.25, 0.3) is 0 Å². The number of esters is 1. The maximum Gasteiger partial charge on any atom is 0.318 e. The Labute approximate surface area is 129 Å². The summed E-state index contributed by atoms with van der Waals surface area (Å²) in [7, 11) is 0. The van der Waals surface area contributed by atoms with Crippen LogP contribution in [-0.2, 0) is 19.1 Å². The second-order valence-electron chi connectivity index (χ2n) is 7.94. The van der Waals surface area contributed by atoms with Crippen molar-refractivity contribution in [2.45, 2.75) is 52.1 Å². The van der Waals surface area contributed by atoms with Crippen LogP contribution in [-0.4, -0.2) is 34.9 Å². The van der Waals surface area contributed by atoms with E-state index < -0.39 is 28.7 Å². The molecule has 3 fully saturated rings. The molecule has 0 aromatic heterocycles. The minimum Gasteiger partial charge on any atom is -0.461 e. The summed E-state index contributed by atoms with van der Waals surface area (Å²) in [5.74, 6) is -2.04. The van der Waals surface area contributed by atoms with E-state index in [2.05, 4.69) is 6.92 Å². The Morgan fingerprint density at radius 2 is 1.95 bits per heavy atom. The largest absolute Gasteiger partial charge is 0.461 e. The van der Waals surface area contributed by atoms with E-state index in [1.165, 1.54) is 6.92 Å². The van der Waals surface area contributed by atoms with Crippen molar-refractivity contribution in [3.63, 3.8) is 0 Å². The molecule has 1 N–H and O–H groups in total. The Hall–Kier alpha value is -1.20. The third-order valence-corrected chi connectivity index (χ3v) is 6.88. The number of hydrogen-bond donors (Lipinski definition) is 1. The third kappa shape index (κ3) is 1.30. The number of hydrogen-bond acceptors (Lipinski definition) is 5. The van der Waals surface area contributed by atoms with E-state index in [0.717, 1.165) is 0 Å². The summed E-state index contributed by atoms with van der Waals surface area (Å²) >= 11 is 0. The van der Waals surface area contributed by atoms with Gasteiger partial charge >= 0.3 is 5.97 Å². The minimum atomic E-state index is -1.62. The van der Waals surface area contributed by atoms with Crippen molar-refractivity contribution in [1.82, 2.24) is 0 Å². The summed E-state index contributed by atoms with van der Waals surface area (Å²) < 4.78 is 11.6. The second-order valence-corrected chi connectivity index (χ2v) is 7.94. The van der Waals surface area contributed by atoms with Crippen LogP contribution < -0.4 is 0 Å². The Balaban J connectivity index is 1.92. The van der Waals surface area contributed by atoms with Crippen molar-refractivity contribution in [3.8, 4) is 0 Å². The zero-order valence-corrected chi connectivity index (χ0v) is 13.3. The molecule has 5 nitrogen and oxygen atoms in total. The molecular weight excluding hydrogens is 284 g/mol. The van der Waals surface area contributed by atoms with Crippen molar-refractivity contribution < 1.29 is 24.2 Å². The second kappa shape index (κ2) is 3.82. The molecule has 4 rings (SSSR count). The van der Waals surface area contributed by atoms with Crippen LogP contribution in [0.1, 0.15) is 34.1 Å². The maximum atomic E-state index is 12.6. The predicted octanol–water partition coefficient (Wildman–Crippen LogP) is 1.44. The monoisotopic (exact) mass is 306 g/mol. The Bertz CT molecular complexity index is 608. The van der Waals surface area contributed by atoms with Crippen LogP contribution in [0.5, 0.6) is 0 Å². The zero-order valence-electron chi connectivity index (χ0n) is 13.3. The lowest BCUT2D eigenvalue weighted by Gasteiger charge is -2.37. The van der Waals surface area contributed by atoms with Crippen molar-refractivity contribution in [3.05, 3.63) is 12.2 Å². The fourth-order valence-electron chi connectivity index (χ4n) is 5.33. The lowest BCUT2D eigenvalue weighted by atomic mass is 9.64. The van der Waals surface area contributed by atoms with Crippen LogP contribution in [0.25, 0.3) is 0 Å². The van der Waals surface area contributed by atoms with E-state index in [-0.39, 0.29) is 29.6 Å². The molecule has 0 aromatic rings. The lowest BCUT2D eigenvalue weighted by molar-refractivity contribution is -0.239.